The van der Waals surface area contributed by atoms with E-state index in [9.17, 15) is 4.79 Å². The maximum atomic E-state index is 12.0. The number of rotatable bonds is 1. The van der Waals surface area contributed by atoms with Crippen LogP contribution in [0.4, 0.5) is 4.79 Å². The van der Waals surface area contributed by atoms with Crippen molar-refractivity contribution in [2.24, 2.45) is 5.92 Å². The summed E-state index contributed by atoms with van der Waals surface area (Å²) in [4.78, 5) is 13.9. The van der Waals surface area contributed by atoms with Crippen molar-refractivity contribution in [1.82, 2.24) is 4.90 Å². The maximum absolute atomic E-state index is 12.0. The molecule has 0 bridgehead atoms. The lowest BCUT2D eigenvalue weighted by molar-refractivity contribution is 0.0194. The van der Waals surface area contributed by atoms with E-state index in [0.29, 0.717) is 5.92 Å². The number of nitrogens with zero attached hydrogens (tertiary/aromatic N) is 1. The van der Waals surface area contributed by atoms with E-state index in [2.05, 4.69) is 44.1 Å². The van der Waals surface area contributed by atoms with Crippen molar-refractivity contribution in [3.63, 3.8) is 0 Å². The summed E-state index contributed by atoms with van der Waals surface area (Å²) < 4.78 is 5.43. The molecule has 0 aromatic heterocycles. The highest BCUT2D eigenvalue weighted by Gasteiger charge is 2.27. The number of carbonyl (C=O) groups excluding carboxylic acids is 1. The Hall–Kier alpha value is -1.21. The molecule has 0 radical (unpaired) electrons. The fraction of sp³-hybridized carbons (Fsp3) is 0.722. The van der Waals surface area contributed by atoms with Gasteiger partial charge in [-0.3, -0.25) is 0 Å². The standard InChI is InChI=1S/C18H31NO2Si/c1-15(9-8-14-22(5,6)7)16-10-12-19(13-11-16)17(20)21-18(2,3)4/h9,16H,10-13H2,1-7H3/b15-9-. The second-order valence-corrected chi connectivity index (χ2v) is 12.9. The minimum Gasteiger partial charge on any atom is -0.444 e. The molecule has 3 nitrogen and oxygen atoms in total. The minimum absolute atomic E-state index is 0.189. The highest BCUT2D eigenvalue weighted by Crippen LogP contribution is 2.25. The van der Waals surface area contributed by atoms with Crippen LogP contribution in [0.3, 0.4) is 0 Å². The van der Waals surface area contributed by atoms with Crippen LogP contribution in [0.1, 0.15) is 40.5 Å². The van der Waals surface area contributed by atoms with Crippen molar-refractivity contribution in [3.8, 4) is 11.5 Å². The van der Waals surface area contributed by atoms with E-state index in [1.54, 1.807) is 0 Å². The third kappa shape index (κ3) is 7.17. The van der Waals surface area contributed by atoms with Gasteiger partial charge in [-0.25, -0.2) is 4.79 Å². The summed E-state index contributed by atoms with van der Waals surface area (Å²) >= 11 is 0. The highest BCUT2D eigenvalue weighted by atomic mass is 28.3. The molecule has 0 aliphatic carbocycles. The molecule has 0 saturated carbocycles. The molecule has 22 heavy (non-hydrogen) atoms. The number of ether oxygens (including phenoxy) is 1. The lowest BCUT2D eigenvalue weighted by Gasteiger charge is -2.33. The van der Waals surface area contributed by atoms with Crippen molar-refractivity contribution in [2.75, 3.05) is 13.1 Å². The van der Waals surface area contributed by atoms with Crippen LogP contribution in [0.25, 0.3) is 0 Å². The molecule has 1 amide bonds. The van der Waals surface area contributed by atoms with Crippen LogP contribution < -0.4 is 0 Å². The van der Waals surface area contributed by atoms with Gasteiger partial charge in [0.25, 0.3) is 0 Å². The van der Waals surface area contributed by atoms with E-state index in [4.69, 9.17) is 4.74 Å². The summed E-state index contributed by atoms with van der Waals surface area (Å²) in [7, 11) is -1.30. The number of allylic oxidation sites excluding steroid dienone is 2. The van der Waals surface area contributed by atoms with Gasteiger partial charge in [-0.05, 0) is 52.5 Å². The molecule has 0 spiro atoms. The van der Waals surface area contributed by atoms with Gasteiger partial charge >= 0.3 is 6.09 Å². The third-order valence-electron chi connectivity index (χ3n) is 3.54. The first kappa shape index (κ1) is 18.8. The Kier molecular flexibility index (Phi) is 6.31. The molecule has 1 heterocycles. The van der Waals surface area contributed by atoms with Gasteiger partial charge in [0.2, 0.25) is 0 Å². The summed E-state index contributed by atoms with van der Waals surface area (Å²) in [5.74, 6) is 3.77. The van der Waals surface area contributed by atoms with E-state index >= 15 is 0 Å². The van der Waals surface area contributed by atoms with Crippen molar-refractivity contribution in [3.05, 3.63) is 11.6 Å². The highest BCUT2D eigenvalue weighted by molar-refractivity contribution is 6.83. The predicted octanol–water partition coefficient (Wildman–Crippen LogP) is 4.46. The second-order valence-electron chi connectivity index (χ2n) is 8.15. The molecule has 1 fully saturated rings. The Morgan fingerprint density at radius 2 is 1.77 bits per heavy atom. The summed E-state index contributed by atoms with van der Waals surface area (Å²) in [6.07, 6.45) is 3.88. The van der Waals surface area contributed by atoms with E-state index in [1.807, 2.05) is 25.7 Å². The number of amides is 1. The normalized spacial score (nSPS) is 17.8. The number of carbonyl (C=O) groups is 1. The first-order valence-corrected chi connectivity index (χ1v) is 11.7. The van der Waals surface area contributed by atoms with Crippen LogP contribution in [0.5, 0.6) is 0 Å². The Balaban J connectivity index is 2.53. The van der Waals surface area contributed by atoms with Gasteiger partial charge in [-0.1, -0.05) is 31.1 Å². The predicted molar refractivity (Wildman–Crippen MR) is 95.4 cm³/mol. The van der Waals surface area contributed by atoms with Crippen LogP contribution in [-0.2, 0) is 4.74 Å². The molecule has 4 heteroatoms. The number of hydrogen-bond acceptors (Lipinski definition) is 2. The average molecular weight is 322 g/mol. The number of likely N-dealkylation sites (tertiary alicyclic amines) is 1. The minimum atomic E-state index is -1.30. The molecule has 0 aromatic carbocycles. The van der Waals surface area contributed by atoms with Gasteiger partial charge in [-0.2, -0.15) is 0 Å². The zero-order valence-corrected chi connectivity index (χ0v) is 16.2. The molecule has 1 aliphatic heterocycles. The molecular formula is C18H31NO2Si. The molecule has 0 aromatic rings. The first-order chi connectivity index (χ1) is 9.98. The fourth-order valence-corrected chi connectivity index (χ4v) is 2.83. The van der Waals surface area contributed by atoms with E-state index in [-0.39, 0.29) is 6.09 Å². The van der Waals surface area contributed by atoms with Crippen LogP contribution in [0.15, 0.2) is 11.6 Å². The van der Waals surface area contributed by atoms with Crippen molar-refractivity contribution in [1.29, 1.82) is 0 Å². The summed E-state index contributed by atoms with van der Waals surface area (Å²) in [6, 6.07) is 0. The Labute approximate surface area is 137 Å². The monoisotopic (exact) mass is 321 g/mol. The maximum Gasteiger partial charge on any atom is 0.410 e. The van der Waals surface area contributed by atoms with Gasteiger partial charge in [0, 0.05) is 13.1 Å². The summed E-state index contributed by atoms with van der Waals surface area (Å²) in [6.45, 7) is 16.2. The molecule has 0 unspecified atom stereocenters. The lowest BCUT2D eigenvalue weighted by atomic mass is 9.90. The Bertz CT molecular complexity index is 478. The first-order valence-electron chi connectivity index (χ1n) is 8.15. The average Bonchev–Trinajstić information content (AvgIpc) is 2.35. The largest absolute Gasteiger partial charge is 0.444 e. The van der Waals surface area contributed by atoms with Gasteiger partial charge in [0.05, 0.1) is 0 Å². The molecule has 0 N–H and O–H groups in total. The quantitative estimate of drug-likeness (QED) is 0.527. The van der Waals surface area contributed by atoms with Gasteiger partial charge in [-0.15, -0.1) is 5.54 Å². The smallest absolute Gasteiger partial charge is 0.410 e. The van der Waals surface area contributed by atoms with Crippen molar-refractivity contribution >= 4 is 14.2 Å². The van der Waals surface area contributed by atoms with Crippen LogP contribution in [-0.4, -0.2) is 37.8 Å². The summed E-state index contributed by atoms with van der Waals surface area (Å²) in [5, 5.41) is 0. The van der Waals surface area contributed by atoms with E-state index in [0.717, 1.165) is 25.9 Å². The Morgan fingerprint density at radius 1 is 1.23 bits per heavy atom. The molecule has 1 aliphatic rings. The lowest BCUT2D eigenvalue weighted by Crippen LogP contribution is -2.41. The van der Waals surface area contributed by atoms with Crippen LogP contribution >= 0.6 is 0 Å². The molecule has 0 atom stereocenters. The summed E-state index contributed by atoms with van der Waals surface area (Å²) in [5.41, 5.74) is 4.29. The zero-order valence-electron chi connectivity index (χ0n) is 15.2. The second kappa shape index (κ2) is 7.37. The number of piperidine rings is 1. The Morgan fingerprint density at radius 3 is 2.23 bits per heavy atom. The van der Waals surface area contributed by atoms with Gasteiger partial charge < -0.3 is 9.64 Å². The molecule has 1 rings (SSSR count). The van der Waals surface area contributed by atoms with Crippen molar-refractivity contribution < 1.29 is 9.53 Å². The number of hydrogen-bond donors (Lipinski definition) is 0. The third-order valence-corrected chi connectivity index (χ3v) is 4.43. The molecule has 124 valence electrons. The van der Waals surface area contributed by atoms with Crippen LogP contribution in [0.2, 0.25) is 19.6 Å². The fourth-order valence-electron chi connectivity index (χ4n) is 2.33. The molecule has 1 saturated heterocycles. The van der Waals surface area contributed by atoms with E-state index in [1.165, 1.54) is 5.57 Å². The van der Waals surface area contributed by atoms with Gasteiger partial charge in [0.1, 0.15) is 13.7 Å². The van der Waals surface area contributed by atoms with Gasteiger partial charge in [0.15, 0.2) is 0 Å². The van der Waals surface area contributed by atoms with Crippen LogP contribution in [0, 0.1) is 17.4 Å². The van der Waals surface area contributed by atoms with Crippen molar-refractivity contribution in [2.45, 2.75) is 65.8 Å². The SMILES string of the molecule is C/C(=C/C#C[Si](C)(C)C)C1CCN(C(=O)OC(C)(C)C)CC1. The zero-order chi connectivity index (χ0) is 17.0. The topological polar surface area (TPSA) is 29.5 Å². The van der Waals surface area contributed by atoms with E-state index < -0.39 is 13.7 Å². The molecular weight excluding hydrogens is 290 g/mol.